The Hall–Kier alpha value is -2.44. The van der Waals surface area contributed by atoms with Crippen molar-refractivity contribution in [3.05, 3.63) is 78.8 Å². The molecule has 182 valence electrons. The molecule has 5 rings (SSSR count). The van der Waals surface area contributed by atoms with Crippen LogP contribution in [-0.2, 0) is 0 Å². The maximum atomic E-state index is 6.02. The van der Waals surface area contributed by atoms with Gasteiger partial charge in [0.2, 0.25) is 0 Å². The van der Waals surface area contributed by atoms with Crippen LogP contribution in [0.5, 0.6) is 5.75 Å². The molecule has 2 atom stereocenters. The first-order chi connectivity index (χ1) is 15.3. The number of aromatic nitrogens is 1. The van der Waals surface area contributed by atoms with Gasteiger partial charge in [-0.3, -0.25) is 4.98 Å². The third kappa shape index (κ3) is 5.13. The molecular weight excluding hydrogens is 493 g/mol. The topological polar surface area (TPSA) is 50.5 Å². The largest absolute Gasteiger partial charge is 0.494 e. The fraction of sp³-hybridized carbons (Fsp3) is 0.269. The molecule has 0 aliphatic carbocycles. The van der Waals surface area contributed by atoms with Gasteiger partial charge in [-0.2, -0.15) is 0 Å². The highest BCUT2D eigenvalue weighted by molar-refractivity contribution is 5.99. The highest BCUT2D eigenvalue weighted by Crippen LogP contribution is 2.46. The molecule has 4 aromatic rings. The van der Waals surface area contributed by atoms with Crippen LogP contribution < -0.4 is 15.0 Å². The first-order valence-electron chi connectivity index (χ1n) is 10.8. The van der Waals surface area contributed by atoms with E-state index >= 15 is 0 Å². The van der Waals surface area contributed by atoms with Gasteiger partial charge in [0, 0.05) is 36.4 Å². The third-order valence-corrected chi connectivity index (χ3v) is 6.30. The predicted octanol–water partition coefficient (Wildman–Crippen LogP) is 6.70. The van der Waals surface area contributed by atoms with Gasteiger partial charge in [0.1, 0.15) is 5.69 Å². The molecule has 1 aliphatic heterocycles. The second-order valence-electron chi connectivity index (χ2n) is 8.04. The molecule has 1 fully saturated rings. The molecule has 34 heavy (non-hydrogen) atoms. The number of nitrogens with one attached hydrogen (secondary N) is 1. The lowest BCUT2D eigenvalue weighted by Crippen LogP contribution is -2.47. The number of benzene rings is 2. The number of ether oxygens (including phenoxy) is 1. The molecular formula is C26H30Cl3N3O2. The van der Waals surface area contributed by atoms with Crippen molar-refractivity contribution in [2.75, 3.05) is 25.6 Å². The second-order valence-corrected chi connectivity index (χ2v) is 8.04. The quantitative estimate of drug-likeness (QED) is 0.316. The Labute approximate surface area is 219 Å². The van der Waals surface area contributed by atoms with E-state index in [9.17, 15) is 0 Å². The van der Waals surface area contributed by atoms with Crippen molar-refractivity contribution >= 4 is 53.9 Å². The number of anilines is 1. The summed E-state index contributed by atoms with van der Waals surface area (Å²) in [5, 5.41) is 4.80. The van der Waals surface area contributed by atoms with Crippen LogP contribution >= 0.6 is 37.2 Å². The molecule has 0 bridgehead atoms. The van der Waals surface area contributed by atoms with Gasteiger partial charge in [0.25, 0.3) is 0 Å². The van der Waals surface area contributed by atoms with Gasteiger partial charge < -0.3 is 19.4 Å². The smallest absolute Gasteiger partial charge is 0.161 e. The molecule has 1 N–H and O–H groups in total. The number of piperidine rings is 1. The van der Waals surface area contributed by atoms with Crippen molar-refractivity contribution < 1.29 is 9.15 Å². The summed E-state index contributed by atoms with van der Waals surface area (Å²) in [6, 6.07) is 19.4. The van der Waals surface area contributed by atoms with Gasteiger partial charge in [-0.05, 0) is 54.8 Å². The lowest BCUT2D eigenvalue weighted by atomic mass is 9.90. The molecule has 1 saturated heterocycles. The highest BCUT2D eigenvalue weighted by atomic mass is 35.5. The number of nitrogens with zero attached hydrogens (tertiary/aromatic N) is 2. The van der Waals surface area contributed by atoms with Gasteiger partial charge in [0.15, 0.2) is 11.3 Å². The van der Waals surface area contributed by atoms with Gasteiger partial charge in [-0.15, -0.1) is 37.2 Å². The van der Waals surface area contributed by atoms with Crippen molar-refractivity contribution in [1.29, 1.82) is 0 Å². The minimum atomic E-state index is 0. The van der Waals surface area contributed by atoms with Crippen LogP contribution in [0.2, 0.25) is 0 Å². The normalized spacial score (nSPS) is 17.1. The molecule has 0 amide bonds. The molecule has 2 aromatic heterocycles. The number of likely N-dealkylation sites (N-methyl/N-ethyl adjacent to an activating group) is 1. The molecule has 1 aliphatic rings. The van der Waals surface area contributed by atoms with Crippen molar-refractivity contribution in [2.45, 2.75) is 24.9 Å². The Morgan fingerprint density at radius 1 is 1.03 bits per heavy atom. The average Bonchev–Trinajstić information content (AvgIpc) is 3.32. The number of methoxy groups -OCH3 is 1. The number of fused-ring (bicyclic) bond motifs is 1. The van der Waals surface area contributed by atoms with E-state index in [-0.39, 0.29) is 49.3 Å². The summed E-state index contributed by atoms with van der Waals surface area (Å²) in [7, 11) is 3.89. The monoisotopic (exact) mass is 521 g/mol. The van der Waals surface area contributed by atoms with E-state index in [4.69, 9.17) is 9.15 Å². The Morgan fingerprint density at radius 3 is 2.47 bits per heavy atom. The Kier molecular flexibility index (Phi) is 10.1. The minimum Gasteiger partial charge on any atom is -0.494 e. The van der Waals surface area contributed by atoms with Crippen LogP contribution in [0, 0.1) is 0 Å². The fourth-order valence-corrected chi connectivity index (χ4v) is 4.80. The van der Waals surface area contributed by atoms with Crippen molar-refractivity contribution in [1.82, 2.24) is 10.3 Å². The van der Waals surface area contributed by atoms with Crippen LogP contribution in [0.3, 0.4) is 0 Å². The molecule has 0 saturated carbocycles. The zero-order chi connectivity index (χ0) is 21.2. The van der Waals surface area contributed by atoms with E-state index in [1.807, 2.05) is 30.6 Å². The lowest BCUT2D eigenvalue weighted by Gasteiger charge is -2.40. The zero-order valence-corrected chi connectivity index (χ0v) is 21.6. The van der Waals surface area contributed by atoms with Crippen LogP contribution in [0.25, 0.3) is 22.1 Å². The standard InChI is InChI=1S/C26H27N3O2.3ClH/c1-29(22-9-6-13-28-23(22)19-7-4-3-5-8-19)24-25-20(12-16-31-25)17-21(26(24)30-2)18-10-14-27-15-11-18;;;/h3-5,7-8,10-12,14-17,22-23,28H,6,9,13H2,1-2H3;3*1H/t22-,23-;;;/m0.../s1. The zero-order valence-electron chi connectivity index (χ0n) is 19.1. The summed E-state index contributed by atoms with van der Waals surface area (Å²) >= 11 is 0. The van der Waals surface area contributed by atoms with Gasteiger partial charge in [-0.1, -0.05) is 30.3 Å². The summed E-state index contributed by atoms with van der Waals surface area (Å²) in [5.74, 6) is 0.827. The SMILES string of the molecule is COc1c(-c2ccncc2)cc2ccoc2c1N(C)[C@H]1CCCN[C@H]1c1ccccc1.Cl.Cl.Cl. The van der Waals surface area contributed by atoms with Gasteiger partial charge in [-0.25, -0.2) is 0 Å². The van der Waals surface area contributed by atoms with Gasteiger partial charge >= 0.3 is 0 Å². The highest BCUT2D eigenvalue weighted by Gasteiger charge is 2.33. The fourth-order valence-electron chi connectivity index (χ4n) is 4.80. The Bertz CT molecular complexity index is 1170. The Balaban J connectivity index is 0.00000136. The van der Waals surface area contributed by atoms with E-state index in [1.165, 1.54) is 5.56 Å². The molecule has 2 aromatic carbocycles. The number of hydrogen-bond acceptors (Lipinski definition) is 5. The molecule has 8 heteroatoms. The first-order valence-corrected chi connectivity index (χ1v) is 10.8. The number of furan rings is 1. The number of rotatable bonds is 5. The number of hydrogen-bond donors (Lipinski definition) is 1. The molecule has 0 unspecified atom stereocenters. The minimum absolute atomic E-state index is 0. The summed E-state index contributed by atoms with van der Waals surface area (Å²) < 4.78 is 12.0. The number of pyridine rings is 1. The van der Waals surface area contributed by atoms with Crippen LogP contribution in [0.15, 0.2) is 77.7 Å². The molecule has 3 heterocycles. The summed E-state index contributed by atoms with van der Waals surface area (Å²) in [5.41, 5.74) is 5.27. The van der Waals surface area contributed by atoms with Crippen molar-refractivity contribution in [2.24, 2.45) is 0 Å². The predicted molar refractivity (Wildman–Crippen MR) is 146 cm³/mol. The van der Waals surface area contributed by atoms with E-state index in [0.29, 0.717) is 0 Å². The summed E-state index contributed by atoms with van der Waals surface area (Å²) in [6.45, 7) is 1.02. The van der Waals surface area contributed by atoms with Crippen molar-refractivity contribution in [3.8, 4) is 16.9 Å². The number of halogens is 3. The van der Waals surface area contributed by atoms with E-state index in [1.54, 1.807) is 13.4 Å². The van der Waals surface area contributed by atoms with E-state index in [0.717, 1.165) is 52.9 Å². The van der Waals surface area contributed by atoms with Crippen LogP contribution in [-0.4, -0.2) is 31.7 Å². The summed E-state index contributed by atoms with van der Waals surface area (Å²) in [4.78, 5) is 6.52. The maximum Gasteiger partial charge on any atom is 0.161 e. The van der Waals surface area contributed by atoms with Crippen LogP contribution in [0.1, 0.15) is 24.4 Å². The second kappa shape index (κ2) is 12.3. The van der Waals surface area contributed by atoms with E-state index < -0.39 is 0 Å². The maximum absolute atomic E-state index is 6.02. The Morgan fingerprint density at radius 2 is 1.76 bits per heavy atom. The molecule has 5 nitrogen and oxygen atoms in total. The molecule has 0 radical (unpaired) electrons. The summed E-state index contributed by atoms with van der Waals surface area (Å²) in [6.07, 6.45) is 7.61. The average molecular weight is 523 g/mol. The first kappa shape index (κ1) is 27.8. The molecule has 0 spiro atoms. The van der Waals surface area contributed by atoms with Crippen molar-refractivity contribution in [3.63, 3.8) is 0 Å². The van der Waals surface area contributed by atoms with E-state index in [2.05, 4.69) is 58.6 Å². The third-order valence-electron chi connectivity index (χ3n) is 6.30. The van der Waals surface area contributed by atoms with Crippen LogP contribution in [0.4, 0.5) is 5.69 Å². The lowest BCUT2D eigenvalue weighted by molar-refractivity contribution is 0.344. The van der Waals surface area contributed by atoms with Gasteiger partial charge in [0.05, 0.1) is 19.4 Å².